The van der Waals surface area contributed by atoms with Gasteiger partial charge in [0, 0.05) is 5.56 Å². The van der Waals surface area contributed by atoms with Crippen LogP contribution in [0.5, 0.6) is 17.2 Å². The van der Waals surface area contributed by atoms with Crippen molar-refractivity contribution in [1.82, 2.24) is 10.2 Å². The van der Waals surface area contributed by atoms with E-state index in [1.54, 1.807) is 30.3 Å². The molecule has 0 unspecified atom stereocenters. The second-order valence-corrected chi connectivity index (χ2v) is 8.82. The van der Waals surface area contributed by atoms with E-state index in [0.717, 1.165) is 5.56 Å². The number of nitriles is 1. The van der Waals surface area contributed by atoms with E-state index in [-0.39, 0.29) is 18.8 Å². The fraction of sp³-hybridized carbons (Fsp3) is 0.111. The Morgan fingerprint density at radius 1 is 1.00 bits per heavy atom. The molecule has 3 aromatic carbocycles. The molecule has 8 nitrogen and oxygen atoms in total. The highest BCUT2D eigenvalue weighted by atomic mass is 35.5. The van der Waals surface area contributed by atoms with E-state index in [0.29, 0.717) is 38.0 Å². The van der Waals surface area contributed by atoms with Crippen LogP contribution in [-0.2, 0) is 4.79 Å². The molecule has 0 saturated heterocycles. The lowest BCUT2D eigenvalue weighted by Crippen LogP contribution is -2.13. The quantitative estimate of drug-likeness (QED) is 0.155. The van der Waals surface area contributed by atoms with E-state index >= 15 is 0 Å². The van der Waals surface area contributed by atoms with E-state index in [1.807, 2.05) is 48.5 Å². The van der Waals surface area contributed by atoms with Crippen LogP contribution in [0, 0.1) is 11.3 Å². The number of hydrogen-bond acceptors (Lipinski definition) is 8. The number of benzene rings is 3. The van der Waals surface area contributed by atoms with E-state index in [1.165, 1.54) is 24.5 Å². The van der Waals surface area contributed by atoms with E-state index in [2.05, 4.69) is 15.5 Å². The van der Waals surface area contributed by atoms with Gasteiger partial charge in [-0.2, -0.15) is 5.26 Å². The third-order valence-electron chi connectivity index (χ3n) is 4.97. The maximum atomic E-state index is 12.7. The van der Waals surface area contributed by atoms with Gasteiger partial charge in [-0.15, -0.1) is 10.2 Å². The largest absolute Gasteiger partial charge is 0.493 e. The Labute approximate surface area is 222 Å². The lowest BCUT2D eigenvalue weighted by atomic mass is 10.1. The number of para-hydroxylation sites is 1. The Morgan fingerprint density at radius 2 is 1.73 bits per heavy atom. The van der Waals surface area contributed by atoms with Gasteiger partial charge in [0.15, 0.2) is 11.5 Å². The van der Waals surface area contributed by atoms with Crippen LogP contribution < -0.4 is 19.5 Å². The molecule has 0 fully saturated rings. The number of halogens is 1. The first-order chi connectivity index (χ1) is 18.1. The maximum Gasteiger partial charge on any atom is 0.268 e. The van der Waals surface area contributed by atoms with Crippen LogP contribution >= 0.6 is 22.9 Å². The maximum absolute atomic E-state index is 12.7. The number of nitrogens with zero attached hydrogens (tertiary/aromatic N) is 3. The van der Waals surface area contributed by atoms with Crippen molar-refractivity contribution in [2.45, 2.75) is 0 Å². The number of ether oxygens (including phenoxy) is 3. The molecule has 10 heteroatoms. The van der Waals surface area contributed by atoms with Crippen LogP contribution in [0.2, 0.25) is 5.02 Å². The third-order valence-corrected chi connectivity index (χ3v) is 6.17. The minimum atomic E-state index is -0.589. The van der Waals surface area contributed by atoms with Crippen molar-refractivity contribution >= 4 is 40.1 Å². The molecule has 0 bridgehead atoms. The number of anilines is 1. The molecule has 0 aliphatic heterocycles. The van der Waals surface area contributed by atoms with Crippen molar-refractivity contribution in [1.29, 1.82) is 5.26 Å². The van der Waals surface area contributed by atoms with Crippen molar-refractivity contribution in [3.05, 3.63) is 89.0 Å². The van der Waals surface area contributed by atoms with Crippen molar-refractivity contribution in [2.24, 2.45) is 0 Å². The molecular formula is C27H21ClN4O4S. The Morgan fingerprint density at radius 3 is 2.46 bits per heavy atom. The van der Waals surface area contributed by atoms with Gasteiger partial charge < -0.3 is 14.2 Å². The van der Waals surface area contributed by atoms with Gasteiger partial charge in [-0.3, -0.25) is 10.1 Å². The zero-order chi connectivity index (χ0) is 26.0. The first-order valence-corrected chi connectivity index (χ1v) is 12.3. The highest BCUT2D eigenvalue weighted by Gasteiger charge is 2.14. The summed E-state index contributed by atoms with van der Waals surface area (Å²) < 4.78 is 16.8. The van der Waals surface area contributed by atoms with Crippen LogP contribution in [0.15, 0.2) is 78.4 Å². The van der Waals surface area contributed by atoms with Gasteiger partial charge in [0.2, 0.25) is 5.13 Å². The summed E-state index contributed by atoms with van der Waals surface area (Å²) in [5, 5.41) is 21.8. The number of carbonyl (C=O) groups excluding carboxylic acids is 1. The number of nitrogens with one attached hydrogen (secondary N) is 1. The van der Waals surface area contributed by atoms with Gasteiger partial charge in [0.05, 0.1) is 12.1 Å². The first kappa shape index (κ1) is 25.7. The molecule has 1 N–H and O–H groups in total. The Kier molecular flexibility index (Phi) is 8.70. The van der Waals surface area contributed by atoms with Crippen molar-refractivity contribution in [3.63, 3.8) is 0 Å². The molecule has 1 heterocycles. The highest BCUT2D eigenvalue weighted by molar-refractivity contribution is 7.18. The number of amides is 1. The molecule has 0 aliphatic rings. The number of methoxy groups -OCH3 is 1. The molecule has 0 aliphatic carbocycles. The van der Waals surface area contributed by atoms with Crippen LogP contribution in [-0.4, -0.2) is 36.4 Å². The SMILES string of the molecule is COc1cc(/C=C(/C#N)C(=O)Nc2nnc(-c3ccccc3)s2)ccc1OCCOc1ccccc1Cl. The Hall–Kier alpha value is -4.39. The highest BCUT2D eigenvalue weighted by Crippen LogP contribution is 2.30. The molecule has 0 atom stereocenters. The summed E-state index contributed by atoms with van der Waals surface area (Å²) in [7, 11) is 1.51. The first-order valence-electron chi connectivity index (χ1n) is 11.1. The Bertz CT molecular complexity index is 1450. The lowest BCUT2D eigenvalue weighted by molar-refractivity contribution is -0.112. The normalized spacial score (nSPS) is 10.9. The molecule has 0 spiro atoms. The third kappa shape index (κ3) is 6.85. The summed E-state index contributed by atoms with van der Waals surface area (Å²) in [5.74, 6) is 0.926. The number of carbonyl (C=O) groups is 1. The molecule has 186 valence electrons. The Balaban J connectivity index is 1.38. The van der Waals surface area contributed by atoms with Gasteiger partial charge >= 0.3 is 0 Å². The minimum absolute atomic E-state index is 0.0969. The molecule has 37 heavy (non-hydrogen) atoms. The number of rotatable bonds is 10. The molecule has 4 aromatic rings. The van der Waals surface area contributed by atoms with Gasteiger partial charge in [-0.1, -0.05) is 71.5 Å². The topological polar surface area (TPSA) is 106 Å². The van der Waals surface area contributed by atoms with Gasteiger partial charge in [0.1, 0.15) is 35.6 Å². The summed E-state index contributed by atoms with van der Waals surface area (Å²) in [5.41, 5.74) is 1.38. The predicted octanol–water partition coefficient (Wildman–Crippen LogP) is 5.87. The second kappa shape index (κ2) is 12.5. The summed E-state index contributed by atoms with van der Waals surface area (Å²) in [4.78, 5) is 12.7. The summed E-state index contributed by atoms with van der Waals surface area (Å²) in [6, 6.07) is 23.7. The smallest absolute Gasteiger partial charge is 0.268 e. The zero-order valence-electron chi connectivity index (χ0n) is 19.7. The fourth-order valence-corrected chi connectivity index (χ4v) is 4.14. The molecular weight excluding hydrogens is 512 g/mol. The molecule has 1 aromatic heterocycles. The molecule has 4 rings (SSSR count). The summed E-state index contributed by atoms with van der Waals surface area (Å²) >= 11 is 7.30. The van der Waals surface area contributed by atoms with Crippen LogP contribution in [0.4, 0.5) is 5.13 Å². The van der Waals surface area contributed by atoms with Gasteiger partial charge in [-0.25, -0.2) is 0 Å². The minimum Gasteiger partial charge on any atom is -0.493 e. The molecule has 0 saturated carbocycles. The number of aromatic nitrogens is 2. The summed E-state index contributed by atoms with van der Waals surface area (Å²) in [6.45, 7) is 0.542. The fourth-order valence-electron chi connectivity index (χ4n) is 3.21. The average molecular weight is 533 g/mol. The van der Waals surface area contributed by atoms with Crippen LogP contribution in [0.3, 0.4) is 0 Å². The monoisotopic (exact) mass is 532 g/mol. The van der Waals surface area contributed by atoms with Gasteiger partial charge in [0.25, 0.3) is 5.91 Å². The van der Waals surface area contributed by atoms with Crippen molar-refractivity contribution < 1.29 is 19.0 Å². The van der Waals surface area contributed by atoms with E-state index in [9.17, 15) is 10.1 Å². The van der Waals surface area contributed by atoms with E-state index in [4.69, 9.17) is 25.8 Å². The van der Waals surface area contributed by atoms with Crippen molar-refractivity contribution in [3.8, 4) is 33.9 Å². The van der Waals surface area contributed by atoms with Crippen molar-refractivity contribution in [2.75, 3.05) is 25.6 Å². The second-order valence-electron chi connectivity index (χ2n) is 7.44. The lowest BCUT2D eigenvalue weighted by Gasteiger charge is -2.12. The number of hydrogen-bond donors (Lipinski definition) is 1. The average Bonchev–Trinajstić information content (AvgIpc) is 3.40. The standard InChI is InChI=1S/C27H21ClN4O4S/c1-34-24-16-18(11-12-23(24)36-14-13-35-22-10-6-5-9-21(22)28)15-20(17-29)25(33)30-27-32-31-26(37-27)19-7-3-2-4-8-19/h2-12,15-16H,13-14H2,1H3,(H,30,32,33)/b20-15-. The molecule has 1 amide bonds. The summed E-state index contributed by atoms with van der Waals surface area (Å²) in [6.07, 6.45) is 1.46. The van der Waals surface area contributed by atoms with E-state index < -0.39 is 5.91 Å². The zero-order valence-corrected chi connectivity index (χ0v) is 21.3. The predicted molar refractivity (Wildman–Crippen MR) is 143 cm³/mol. The molecule has 0 radical (unpaired) electrons. The van der Waals surface area contributed by atoms with Crippen LogP contribution in [0.1, 0.15) is 5.56 Å². The van der Waals surface area contributed by atoms with Crippen LogP contribution in [0.25, 0.3) is 16.6 Å². The van der Waals surface area contributed by atoms with Gasteiger partial charge in [-0.05, 0) is 35.9 Å².